The van der Waals surface area contributed by atoms with Gasteiger partial charge in [0.25, 0.3) is 0 Å². The lowest BCUT2D eigenvalue weighted by atomic mass is 9.83. The molecule has 6 heteroatoms. The summed E-state index contributed by atoms with van der Waals surface area (Å²) >= 11 is 7.19. The van der Waals surface area contributed by atoms with Crippen LogP contribution in [0.3, 0.4) is 0 Å². The number of morpholine rings is 1. The molecule has 0 aromatic heterocycles. The first-order valence-corrected chi connectivity index (χ1v) is 12.1. The first-order valence-electron chi connectivity index (χ1n) is 11.7. The highest BCUT2D eigenvalue weighted by Gasteiger charge is 2.31. The molecule has 0 bridgehead atoms. The predicted molar refractivity (Wildman–Crippen MR) is 134 cm³/mol. The quantitative estimate of drug-likeness (QED) is 0.579. The summed E-state index contributed by atoms with van der Waals surface area (Å²) in [5.74, 6) is 0.967. The highest BCUT2D eigenvalue weighted by Crippen LogP contribution is 2.47. The molecule has 0 saturated carbocycles. The third-order valence-electron chi connectivity index (χ3n) is 6.53. The number of aryl methyl sites for hydroxylation is 1. The van der Waals surface area contributed by atoms with E-state index in [1.807, 2.05) is 42.5 Å². The second kappa shape index (κ2) is 11.4. The summed E-state index contributed by atoms with van der Waals surface area (Å²) < 4.78 is 25.9. The lowest BCUT2D eigenvalue weighted by Gasteiger charge is -2.24. The van der Waals surface area contributed by atoms with Gasteiger partial charge in [0.15, 0.2) is 5.76 Å². The van der Waals surface area contributed by atoms with Gasteiger partial charge >= 0.3 is 0 Å². The van der Waals surface area contributed by atoms with Crippen molar-refractivity contribution in [3.63, 3.8) is 0 Å². The van der Waals surface area contributed by atoms with Crippen molar-refractivity contribution in [2.45, 2.75) is 12.8 Å². The number of nitrogens with one attached hydrogen (secondary N) is 1. The number of hydrogen-bond acceptors (Lipinski definition) is 2. The van der Waals surface area contributed by atoms with Gasteiger partial charge in [-0.15, -0.1) is 0 Å². The number of para-hydroxylation sites is 1. The van der Waals surface area contributed by atoms with Crippen molar-refractivity contribution < 1.29 is 31.2 Å². The van der Waals surface area contributed by atoms with E-state index in [1.54, 1.807) is 0 Å². The number of rotatable bonds is 4. The van der Waals surface area contributed by atoms with Crippen molar-refractivity contribution in [2.75, 3.05) is 32.8 Å². The van der Waals surface area contributed by atoms with E-state index in [1.165, 1.54) is 22.6 Å². The molecule has 1 unspecified atom stereocenters. The Kier molecular flexibility index (Phi) is 8.30. The smallest absolute Gasteiger partial charge is 0.153 e. The van der Waals surface area contributed by atoms with E-state index in [9.17, 15) is 4.39 Å². The van der Waals surface area contributed by atoms with E-state index >= 15 is 0 Å². The molecular formula is C29H28Cl2FNO2. The van der Waals surface area contributed by atoms with Gasteiger partial charge in [0, 0.05) is 17.0 Å². The number of halogens is 3. The maximum Gasteiger partial charge on any atom is 0.153 e. The second-order valence-electron chi connectivity index (χ2n) is 8.86. The molecule has 182 valence electrons. The summed E-state index contributed by atoms with van der Waals surface area (Å²) in [5, 5.41) is 0.585. The molecule has 1 N–H and O–H groups in total. The molecule has 2 heterocycles. The summed E-state index contributed by atoms with van der Waals surface area (Å²) in [7, 11) is 0. The molecule has 1 fully saturated rings. The minimum Gasteiger partial charge on any atom is -1.00 e. The fourth-order valence-electron chi connectivity index (χ4n) is 4.62. The molecule has 0 spiro atoms. The van der Waals surface area contributed by atoms with Gasteiger partial charge in [-0.1, -0.05) is 71.8 Å². The van der Waals surface area contributed by atoms with Crippen molar-refractivity contribution >= 4 is 17.4 Å². The largest absolute Gasteiger partial charge is 1.00 e. The van der Waals surface area contributed by atoms with Crippen molar-refractivity contribution in [1.29, 1.82) is 0 Å². The monoisotopic (exact) mass is 511 g/mol. The Morgan fingerprint density at radius 2 is 1.66 bits per heavy atom. The predicted octanol–water partition coefficient (Wildman–Crippen LogP) is 2.11. The van der Waals surface area contributed by atoms with Crippen LogP contribution in [0, 0.1) is 12.7 Å². The molecule has 2 aliphatic heterocycles. The van der Waals surface area contributed by atoms with Gasteiger partial charge in [0.2, 0.25) is 0 Å². The zero-order valence-electron chi connectivity index (χ0n) is 19.6. The average Bonchev–Trinajstić information content (AvgIpc) is 2.99. The molecule has 1 atom stereocenters. The van der Waals surface area contributed by atoms with Crippen molar-refractivity contribution in [2.24, 2.45) is 0 Å². The van der Waals surface area contributed by atoms with Crippen LogP contribution in [0.5, 0.6) is 5.75 Å². The van der Waals surface area contributed by atoms with Crippen LogP contribution in [-0.2, 0) is 4.74 Å². The minimum absolute atomic E-state index is 0. The van der Waals surface area contributed by atoms with E-state index in [4.69, 9.17) is 21.1 Å². The number of fused-ring (bicyclic) bond motifs is 1. The van der Waals surface area contributed by atoms with Gasteiger partial charge in [0.05, 0.1) is 24.8 Å². The Morgan fingerprint density at radius 1 is 0.971 bits per heavy atom. The van der Waals surface area contributed by atoms with E-state index < -0.39 is 0 Å². The molecule has 3 aromatic rings. The lowest BCUT2D eigenvalue weighted by molar-refractivity contribution is -0.902. The molecule has 35 heavy (non-hydrogen) atoms. The third-order valence-corrected chi connectivity index (χ3v) is 6.92. The summed E-state index contributed by atoms with van der Waals surface area (Å²) in [6, 6.07) is 22.9. The van der Waals surface area contributed by atoms with Crippen LogP contribution >= 0.6 is 11.6 Å². The topological polar surface area (TPSA) is 22.9 Å². The van der Waals surface area contributed by atoms with E-state index in [-0.39, 0.29) is 24.1 Å². The molecule has 0 amide bonds. The normalized spacial score (nSPS) is 19.5. The SMILES string of the molecule is Cc1ccc(C2=C(Cl)/C(=C/C[NH+]3CCOCC3)C(c3ccc(F)cc3)c3ccccc3O2)cc1.[Cl-]. The Balaban J connectivity index is 0.00000289. The maximum atomic E-state index is 13.8. The average molecular weight is 512 g/mol. The fraction of sp³-hybridized carbons (Fsp3) is 0.241. The molecule has 0 aliphatic carbocycles. The summed E-state index contributed by atoms with van der Waals surface area (Å²) in [5.41, 5.74) is 5.06. The van der Waals surface area contributed by atoms with Crippen molar-refractivity contribution in [3.05, 3.63) is 118 Å². The highest BCUT2D eigenvalue weighted by molar-refractivity contribution is 6.35. The first-order chi connectivity index (χ1) is 16.6. The van der Waals surface area contributed by atoms with Gasteiger partial charge in [-0.25, -0.2) is 4.39 Å². The molecular weight excluding hydrogens is 484 g/mol. The summed E-state index contributed by atoms with van der Waals surface area (Å²) in [4.78, 5) is 1.46. The zero-order chi connectivity index (χ0) is 23.5. The zero-order valence-corrected chi connectivity index (χ0v) is 21.1. The molecule has 1 saturated heterocycles. The molecule has 0 radical (unpaired) electrons. The Morgan fingerprint density at radius 3 is 2.37 bits per heavy atom. The van der Waals surface area contributed by atoms with Crippen LogP contribution in [0.4, 0.5) is 4.39 Å². The molecule has 3 nitrogen and oxygen atoms in total. The number of ether oxygens (including phenoxy) is 2. The van der Waals surface area contributed by atoms with Gasteiger partial charge in [-0.2, -0.15) is 0 Å². The van der Waals surface area contributed by atoms with Crippen LogP contribution in [0.2, 0.25) is 0 Å². The minimum atomic E-state index is -0.257. The van der Waals surface area contributed by atoms with Crippen LogP contribution in [0.15, 0.2) is 89.5 Å². The van der Waals surface area contributed by atoms with Crippen molar-refractivity contribution in [3.8, 4) is 5.75 Å². The standard InChI is InChI=1S/C29H27ClFNO2.ClH/c1-20-6-8-22(9-7-20)29-28(30)25(14-15-32-16-18-33-19-17-32)27(21-10-12-23(31)13-11-21)24-4-2-3-5-26(24)34-29;/h2-14,27H,15-19H2,1H3;1H/b25-14+;. The Bertz CT molecular complexity index is 1220. The number of benzene rings is 3. The second-order valence-corrected chi connectivity index (χ2v) is 9.24. The number of quaternary nitrogens is 1. The van der Waals surface area contributed by atoms with Gasteiger partial charge in [0.1, 0.15) is 24.7 Å². The van der Waals surface area contributed by atoms with E-state index in [0.29, 0.717) is 10.8 Å². The van der Waals surface area contributed by atoms with Gasteiger partial charge in [-0.05, 0) is 42.3 Å². The summed E-state index contributed by atoms with van der Waals surface area (Å²) in [6.45, 7) is 6.35. The Labute approximate surface area is 217 Å². The van der Waals surface area contributed by atoms with Crippen molar-refractivity contribution in [1.82, 2.24) is 0 Å². The van der Waals surface area contributed by atoms with Gasteiger partial charge in [-0.3, -0.25) is 0 Å². The van der Waals surface area contributed by atoms with Crippen LogP contribution in [-0.4, -0.2) is 32.8 Å². The number of allylic oxidation sites excluding steroid dienone is 2. The fourth-order valence-corrected chi connectivity index (χ4v) is 4.96. The lowest BCUT2D eigenvalue weighted by Crippen LogP contribution is -3.13. The maximum absolute atomic E-state index is 13.8. The number of hydrogen-bond donors (Lipinski definition) is 1. The van der Waals surface area contributed by atoms with E-state index in [0.717, 1.165) is 60.9 Å². The van der Waals surface area contributed by atoms with Gasteiger partial charge < -0.3 is 26.8 Å². The molecule has 2 aliphatic rings. The van der Waals surface area contributed by atoms with Crippen LogP contribution in [0.1, 0.15) is 28.2 Å². The van der Waals surface area contributed by atoms with E-state index in [2.05, 4.69) is 31.2 Å². The van der Waals surface area contributed by atoms with Crippen LogP contribution < -0.4 is 22.0 Å². The molecule has 3 aromatic carbocycles. The Hall–Kier alpha value is -2.63. The molecule has 5 rings (SSSR count). The highest BCUT2D eigenvalue weighted by atomic mass is 35.5. The summed E-state index contributed by atoms with van der Waals surface area (Å²) in [6.07, 6.45) is 2.23. The van der Waals surface area contributed by atoms with Crippen LogP contribution in [0.25, 0.3) is 5.76 Å². The third kappa shape index (κ3) is 5.62. The first kappa shape index (κ1) is 25.5.